The van der Waals surface area contributed by atoms with Crippen LogP contribution in [0.4, 0.5) is 0 Å². The molecule has 3 heteroatoms. The van der Waals surface area contributed by atoms with Crippen LogP contribution < -0.4 is 5.73 Å². The number of carbonyl (C=O) groups excluding carboxylic acids is 1. The average molecular weight is 170 g/mol. The highest BCUT2D eigenvalue weighted by Gasteiger charge is 2.01. The Balaban J connectivity index is 3.46. The lowest BCUT2D eigenvalue weighted by molar-refractivity contribution is -0.118. The third kappa shape index (κ3) is 7.25. The van der Waals surface area contributed by atoms with Crippen molar-refractivity contribution < 1.29 is 4.79 Å². The van der Waals surface area contributed by atoms with Gasteiger partial charge in [-0.1, -0.05) is 13.3 Å². The Morgan fingerprint density at radius 3 is 2.83 bits per heavy atom. The summed E-state index contributed by atoms with van der Waals surface area (Å²) >= 11 is 0. The summed E-state index contributed by atoms with van der Waals surface area (Å²) in [4.78, 5) is 14.6. The quantitative estimate of drug-likeness (QED) is 0.477. The first-order chi connectivity index (χ1) is 5.66. The number of primary amides is 1. The maximum Gasteiger partial charge on any atom is 0.219 e. The third-order valence-corrected chi connectivity index (χ3v) is 1.54. The van der Waals surface area contributed by atoms with E-state index in [1.807, 2.05) is 13.1 Å². The largest absolute Gasteiger partial charge is 0.370 e. The van der Waals surface area contributed by atoms with E-state index < -0.39 is 0 Å². The van der Waals surface area contributed by atoms with E-state index >= 15 is 0 Å². The molecule has 0 aliphatic rings. The Morgan fingerprint density at radius 2 is 2.33 bits per heavy atom. The van der Waals surface area contributed by atoms with E-state index in [0.29, 0.717) is 6.42 Å². The molecule has 1 amide bonds. The number of rotatable bonds is 6. The molecular formula is C9H18N2O. The number of nitrogens with two attached hydrogens (primary N) is 1. The predicted octanol–water partition coefficient (Wildman–Crippen LogP) is 1.51. The molecule has 0 spiro atoms. The molecule has 0 heterocycles. The zero-order valence-corrected chi connectivity index (χ0v) is 7.92. The van der Waals surface area contributed by atoms with Gasteiger partial charge in [-0.05, 0) is 26.0 Å². The van der Waals surface area contributed by atoms with E-state index in [-0.39, 0.29) is 11.9 Å². The SMILES string of the molecule is CCCC/C=N/C(C)CC(N)=O. The van der Waals surface area contributed by atoms with E-state index in [9.17, 15) is 4.79 Å². The van der Waals surface area contributed by atoms with Gasteiger partial charge in [0.1, 0.15) is 0 Å². The Hall–Kier alpha value is -0.860. The van der Waals surface area contributed by atoms with Crippen molar-refractivity contribution in [3.05, 3.63) is 0 Å². The minimum Gasteiger partial charge on any atom is -0.370 e. The maximum atomic E-state index is 10.4. The Kier molecular flexibility index (Phi) is 6.34. The molecule has 1 atom stereocenters. The van der Waals surface area contributed by atoms with Gasteiger partial charge in [-0.15, -0.1) is 0 Å². The van der Waals surface area contributed by atoms with Crippen LogP contribution in [-0.4, -0.2) is 18.2 Å². The van der Waals surface area contributed by atoms with Crippen LogP contribution in [0.25, 0.3) is 0 Å². The smallest absolute Gasteiger partial charge is 0.219 e. The number of hydrogen-bond acceptors (Lipinski definition) is 2. The summed E-state index contributed by atoms with van der Waals surface area (Å²) in [6, 6.07) is 0.0411. The molecule has 2 N–H and O–H groups in total. The van der Waals surface area contributed by atoms with Gasteiger partial charge in [0.25, 0.3) is 0 Å². The van der Waals surface area contributed by atoms with Crippen LogP contribution in [0.3, 0.4) is 0 Å². The molecule has 0 bridgehead atoms. The summed E-state index contributed by atoms with van der Waals surface area (Å²) in [6.45, 7) is 4.04. The molecule has 0 aromatic rings. The van der Waals surface area contributed by atoms with Crippen molar-refractivity contribution >= 4 is 12.1 Å². The van der Waals surface area contributed by atoms with E-state index in [4.69, 9.17) is 5.73 Å². The molecule has 0 rings (SSSR count). The molecule has 70 valence electrons. The van der Waals surface area contributed by atoms with Gasteiger partial charge in [0.15, 0.2) is 0 Å². The Bertz CT molecular complexity index is 155. The lowest BCUT2D eigenvalue weighted by atomic mass is 10.2. The van der Waals surface area contributed by atoms with Crippen molar-refractivity contribution in [1.82, 2.24) is 0 Å². The van der Waals surface area contributed by atoms with Gasteiger partial charge in [-0.3, -0.25) is 9.79 Å². The average Bonchev–Trinajstić information content (AvgIpc) is 1.97. The van der Waals surface area contributed by atoms with E-state index in [0.717, 1.165) is 12.8 Å². The van der Waals surface area contributed by atoms with Gasteiger partial charge < -0.3 is 5.73 Å². The van der Waals surface area contributed by atoms with Crippen molar-refractivity contribution in [1.29, 1.82) is 0 Å². The second kappa shape index (κ2) is 6.83. The van der Waals surface area contributed by atoms with Crippen LogP contribution in [0.1, 0.15) is 39.5 Å². The van der Waals surface area contributed by atoms with Crippen LogP contribution in [0.2, 0.25) is 0 Å². The summed E-state index contributed by atoms with van der Waals surface area (Å²) < 4.78 is 0. The minimum absolute atomic E-state index is 0.0411. The first kappa shape index (κ1) is 11.1. The van der Waals surface area contributed by atoms with E-state index in [2.05, 4.69) is 11.9 Å². The Labute approximate surface area is 74.1 Å². The number of hydrogen-bond donors (Lipinski definition) is 1. The summed E-state index contributed by atoms with van der Waals surface area (Å²) in [6.07, 6.45) is 5.57. The second-order valence-corrected chi connectivity index (χ2v) is 2.99. The fourth-order valence-corrected chi connectivity index (χ4v) is 0.894. The molecule has 3 nitrogen and oxygen atoms in total. The molecule has 0 saturated carbocycles. The first-order valence-corrected chi connectivity index (χ1v) is 4.46. The molecule has 0 aliphatic carbocycles. The molecule has 0 aliphatic heterocycles. The monoisotopic (exact) mass is 170 g/mol. The van der Waals surface area contributed by atoms with Crippen LogP contribution >= 0.6 is 0 Å². The molecular weight excluding hydrogens is 152 g/mol. The van der Waals surface area contributed by atoms with Crippen molar-refractivity contribution in [2.24, 2.45) is 10.7 Å². The highest BCUT2D eigenvalue weighted by Crippen LogP contribution is 1.96. The van der Waals surface area contributed by atoms with E-state index in [1.165, 1.54) is 6.42 Å². The molecule has 1 unspecified atom stereocenters. The fraction of sp³-hybridized carbons (Fsp3) is 0.778. The summed E-state index contributed by atoms with van der Waals surface area (Å²) in [5.74, 6) is -0.282. The van der Waals surface area contributed by atoms with Crippen molar-refractivity contribution in [3.63, 3.8) is 0 Å². The zero-order valence-electron chi connectivity index (χ0n) is 7.92. The lowest BCUT2D eigenvalue weighted by Gasteiger charge is -2.00. The first-order valence-electron chi connectivity index (χ1n) is 4.46. The van der Waals surface area contributed by atoms with E-state index in [1.54, 1.807) is 0 Å². The predicted molar refractivity (Wildman–Crippen MR) is 51.3 cm³/mol. The summed E-state index contributed by atoms with van der Waals surface area (Å²) in [5, 5.41) is 0. The number of carbonyl (C=O) groups is 1. The molecule has 12 heavy (non-hydrogen) atoms. The maximum absolute atomic E-state index is 10.4. The summed E-state index contributed by atoms with van der Waals surface area (Å²) in [5.41, 5.74) is 5.01. The molecule has 0 saturated heterocycles. The summed E-state index contributed by atoms with van der Waals surface area (Å²) in [7, 11) is 0. The van der Waals surface area contributed by atoms with Gasteiger partial charge in [-0.25, -0.2) is 0 Å². The fourth-order valence-electron chi connectivity index (χ4n) is 0.894. The van der Waals surface area contributed by atoms with Crippen molar-refractivity contribution in [2.45, 2.75) is 45.6 Å². The number of amides is 1. The van der Waals surface area contributed by atoms with Gasteiger partial charge in [0.05, 0.1) is 6.04 Å². The minimum atomic E-state index is -0.282. The molecule has 0 aromatic heterocycles. The number of unbranched alkanes of at least 4 members (excludes halogenated alkanes) is 2. The van der Waals surface area contributed by atoms with Crippen molar-refractivity contribution in [2.75, 3.05) is 0 Å². The van der Waals surface area contributed by atoms with Gasteiger partial charge in [-0.2, -0.15) is 0 Å². The Morgan fingerprint density at radius 1 is 1.67 bits per heavy atom. The molecule has 0 radical (unpaired) electrons. The van der Waals surface area contributed by atoms with Crippen LogP contribution in [0.5, 0.6) is 0 Å². The van der Waals surface area contributed by atoms with Crippen LogP contribution in [-0.2, 0) is 4.79 Å². The highest BCUT2D eigenvalue weighted by atomic mass is 16.1. The van der Waals surface area contributed by atoms with Crippen LogP contribution in [0, 0.1) is 0 Å². The van der Waals surface area contributed by atoms with Gasteiger partial charge >= 0.3 is 0 Å². The molecule has 0 fully saturated rings. The van der Waals surface area contributed by atoms with Gasteiger partial charge in [0.2, 0.25) is 5.91 Å². The second-order valence-electron chi connectivity index (χ2n) is 2.99. The number of nitrogens with zero attached hydrogens (tertiary/aromatic N) is 1. The van der Waals surface area contributed by atoms with Crippen LogP contribution in [0.15, 0.2) is 4.99 Å². The zero-order chi connectivity index (χ0) is 9.40. The topological polar surface area (TPSA) is 55.4 Å². The highest BCUT2D eigenvalue weighted by molar-refractivity contribution is 5.74. The normalized spacial score (nSPS) is 13.5. The molecule has 0 aromatic carbocycles. The van der Waals surface area contributed by atoms with Crippen molar-refractivity contribution in [3.8, 4) is 0 Å². The van der Waals surface area contributed by atoms with Gasteiger partial charge in [0, 0.05) is 6.42 Å². The number of aliphatic imine (C=N–C) groups is 1. The third-order valence-electron chi connectivity index (χ3n) is 1.54. The lowest BCUT2D eigenvalue weighted by Crippen LogP contribution is -2.16. The standard InChI is InChI=1S/C9H18N2O/c1-3-4-5-6-11-8(2)7-9(10)12/h6,8H,3-5,7H2,1-2H3,(H2,10,12)/b11-6+.